The Morgan fingerprint density at radius 1 is 1.47 bits per heavy atom. The van der Waals surface area contributed by atoms with Gasteiger partial charge in [0, 0.05) is 22.1 Å². The van der Waals surface area contributed by atoms with Gasteiger partial charge in [0.1, 0.15) is 5.75 Å². The molecule has 3 N–H and O–H groups in total. The van der Waals surface area contributed by atoms with Crippen LogP contribution in [0.5, 0.6) is 5.75 Å². The number of ether oxygens (including phenoxy) is 1. The van der Waals surface area contributed by atoms with Crippen LogP contribution in [0.1, 0.15) is 30.9 Å². The number of halogens is 1. The third-order valence-electron chi connectivity index (χ3n) is 3.33. The van der Waals surface area contributed by atoms with Gasteiger partial charge < -0.3 is 15.8 Å². The highest BCUT2D eigenvalue weighted by molar-refractivity contribution is 9.10. The molecule has 0 bridgehead atoms. The summed E-state index contributed by atoms with van der Waals surface area (Å²) < 4.78 is 6.42. The highest BCUT2D eigenvalue weighted by atomic mass is 79.9. The molecule has 4 heteroatoms. The van der Waals surface area contributed by atoms with Crippen LogP contribution in [-0.4, -0.2) is 19.7 Å². The molecule has 0 aliphatic carbocycles. The van der Waals surface area contributed by atoms with E-state index in [0.29, 0.717) is 6.04 Å². The van der Waals surface area contributed by atoms with Crippen LogP contribution in [0.25, 0.3) is 0 Å². The van der Waals surface area contributed by atoms with Crippen LogP contribution in [0.3, 0.4) is 0 Å². The molecule has 1 aromatic rings. The molecule has 2 rings (SSSR count). The Morgan fingerprint density at radius 2 is 2.29 bits per heavy atom. The number of methoxy groups -OCH3 is 1. The maximum Gasteiger partial charge on any atom is 0.123 e. The van der Waals surface area contributed by atoms with Crippen LogP contribution in [0.4, 0.5) is 0 Å². The molecule has 1 heterocycles. The minimum atomic E-state index is -0.0113. The summed E-state index contributed by atoms with van der Waals surface area (Å²) in [4.78, 5) is 0. The van der Waals surface area contributed by atoms with Crippen LogP contribution in [0, 0.1) is 0 Å². The first kappa shape index (κ1) is 12.9. The molecule has 1 aliphatic rings. The molecule has 1 aliphatic heterocycles. The van der Waals surface area contributed by atoms with Crippen molar-refractivity contribution in [1.82, 2.24) is 5.32 Å². The number of rotatable bonds is 3. The Bertz CT molecular complexity index is 378. The minimum Gasteiger partial charge on any atom is -0.496 e. The van der Waals surface area contributed by atoms with Gasteiger partial charge >= 0.3 is 0 Å². The summed E-state index contributed by atoms with van der Waals surface area (Å²) in [5, 5.41) is 3.49. The Kier molecular flexibility index (Phi) is 4.42. The second-order valence-corrected chi connectivity index (χ2v) is 5.38. The molecule has 0 aromatic heterocycles. The van der Waals surface area contributed by atoms with Crippen molar-refractivity contribution in [2.75, 3.05) is 13.7 Å². The fourth-order valence-electron chi connectivity index (χ4n) is 2.37. The molecule has 3 nitrogen and oxygen atoms in total. The Morgan fingerprint density at radius 3 is 2.94 bits per heavy atom. The van der Waals surface area contributed by atoms with Gasteiger partial charge in [0.2, 0.25) is 0 Å². The van der Waals surface area contributed by atoms with Crippen LogP contribution < -0.4 is 15.8 Å². The topological polar surface area (TPSA) is 47.3 Å². The van der Waals surface area contributed by atoms with Gasteiger partial charge in [0.25, 0.3) is 0 Å². The molecular weight excluding hydrogens is 280 g/mol. The maximum absolute atomic E-state index is 6.35. The monoisotopic (exact) mass is 298 g/mol. The third-order valence-corrected chi connectivity index (χ3v) is 3.83. The molecule has 94 valence electrons. The lowest BCUT2D eigenvalue weighted by atomic mass is 9.93. The van der Waals surface area contributed by atoms with E-state index in [1.807, 2.05) is 12.1 Å². The van der Waals surface area contributed by atoms with Gasteiger partial charge in [-0.2, -0.15) is 0 Å². The van der Waals surface area contributed by atoms with E-state index in [2.05, 4.69) is 27.3 Å². The van der Waals surface area contributed by atoms with Crippen molar-refractivity contribution in [1.29, 1.82) is 0 Å². The number of hydrogen-bond donors (Lipinski definition) is 2. The standard InChI is InChI=1S/C13H19BrN2O/c1-17-12-6-5-9(14)8-10(12)13(15)11-4-2-3-7-16-11/h5-6,8,11,13,16H,2-4,7,15H2,1H3. The van der Waals surface area contributed by atoms with E-state index in [1.165, 1.54) is 12.8 Å². The van der Waals surface area contributed by atoms with Crippen LogP contribution in [0.15, 0.2) is 22.7 Å². The number of nitrogens with one attached hydrogen (secondary N) is 1. The zero-order chi connectivity index (χ0) is 12.3. The highest BCUT2D eigenvalue weighted by Crippen LogP contribution is 2.30. The molecule has 0 amide bonds. The lowest BCUT2D eigenvalue weighted by Gasteiger charge is -2.30. The number of piperidine rings is 1. The quantitative estimate of drug-likeness (QED) is 0.902. The van der Waals surface area contributed by atoms with Crippen molar-refractivity contribution in [3.8, 4) is 5.75 Å². The normalized spacial score (nSPS) is 22.2. The molecule has 1 fully saturated rings. The first-order valence-electron chi connectivity index (χ1n) is 6.05. The number of nitrogens with two attached hydrogens (primary N) is 1. The Hall–Kier alpha value is -0.580. The van der Waals surface area contributed by atoms with E-state index in [0.717, 1.165) is 28.8 Å². The molecule has 1 aromatic carbocycles. The highest BCUT2D eigenvalue weighted by Gasteiger charge is 2.23. The lowest BCUT2D eigenvalue weighted by Crippen LogP contribution is -2.42. The molecule has 17 heavy (non-hydrogen) atoms. The molecule has 1 saturated heterocycles. The van der Waals surface area contributed by atoms with Crippen LogP contribution in [0.2, 0.25) is 0 Å². The largest absolute Gasteiger partial charge is 0.496 e. The zero-order valence-electron chi connectivity index (χ0n) is 10.1. The molecule has 0 spiro atoms. The fraction of sp³-hybridized carbons (Fsp3) is 0.538. The lowest BCUT2D eigenvalue weighted by molar-refractivity contribution is 0.342. The first-order valence-corrected chi connectivity index (χ1v) is 6.84. The second-order valence-electron chi connectivity index (χ2n) is 4.47. The summed E-state index contributed by atoms with van der Waals surface area (Å²) >= 11 is 3.49. The molecule has 0 saturated carbocycles. The van der Waals surface area contributed by atoms with Crippen molar-refractivity contribution in [3.05, 3.63) is 28.2 Å². The van der Waals surface area contributed by atoms with Gasteiger partial charge in [-0.05, 0) is 37.6 Å². The van der Waals surface area contributed by atoms with Gasteiger partial charge in [-0.1, -0.05) is 22.4 Å². The van der Waals surface area contributed by atoms with E-state index in [1.54, 1.807) is 7.11 Å². The van der Waals surface area contributed by atoms with Crippen molar-refractivity contribution < 1.29 is 4.74 Å². The van der Waals surface area contributed by atoms with Crippen molar-refractivity contribution >= 4 is 15.9 Å². The van der Waals surface area contributed by atoms with Crippen molar-refractivity contribution in [2.24, 2.45) is 5.73 Å². The fourth-order valence-corrected chi connectivity index (χ4v) is 2.75. The van der Waals surface area contributed by atoms with E-state index in [-0.39, 0.29) is 6.04 Å². The maximum atomic E-state index is 6.35. The molecule has 0 radical (unpaired) electrons. The van der Waals surface area contributed by atoms with E-state index < -0.39 is 0 Å². The van der Waals surface area contributed by atoms with Crippen molar-refractivity contribution in [2.45, 2.75) is 31.3 Å². The van der Waals surface area contributed by atoms with Crippen LogP contribution >= 0.6 is 15.9 Å². The van der Waals surface area contributed by atoms with Gasteiger partial charge in [0.15, 0.2) is 0 Å². The summed E-state index contributed by atoms with van der Waals surface area (Å²) in [6, 6.07) is 6.33. The van der Waals surface area contributed by atoms with E-state index in [4.69, 9.17) is 10.5 Å². The zero-order valence-corrected chi connectivity index (χ0v) is 11.7. The molecule has 2 unspecified atom stereocenters. The summed E-state index contributed by atoms with van der Waals surface area (Å²) in [5.74, 6) is 0.869. The number of hydrogen-bond acceptors (Lipinski definition) is 3. The summed E-state index contributed by atoms with van der Waals surface area (Å²) in [6.45, 7) is 1.06. The average Bonchev–Trinajstić information content (AvgIpc) is 2.39. The van der Waals surface area contributed by atoms with E-state index in [9.17, 15) is 0 Å². The first-order chi connectivity index (χ1) is 8.22. The van der Waals surface area contributed by atoms with E-state index >= 15 is 0 Å². The number of benzene rings is 1. The molecular formula is C13H19BrN2O. The minimum absolute atomic E-state index is 0.0113. The summed E-state index contributed by atoms with van der Waals surface area (Å²) in [7, 11) is 1.69. The summed E-state index contributed by atoms with van der Waals surface area (Å²) in [6.07, 6.45) is 3.64. The van der Waals surface area contributed by atoms with Gasteiger partial charge in [-0.3, -0.25) is 0 Å². The predicted octanol–water partition coefficient (Wildman–Crippen LogP) is 2.60. The van der Waals surface area contributed by atoms with Gasteiger partial charge in [-0.15, -0.1) is 0 Å². The van der Waals surface area contributed by atoms with Crippen LogP contribution in [-0.2, 0) is 0 Å². The SMILES string of the molecule is COc1ccc(Br)cc1C(N)C1CCCCN1. The Balaban J connectivity index is 2.21. The van der Waals surface area contributed by atoms with Gasteiger partial charge in [-0.25, -0.2) is 0 Å². The predicted molar refractivity (Wildman–Crippen MR) is 73.3 cm³/mol. The third kappa shape index (κ3) is 3.00. The molecule has 2 atom stereocenters. The second kappa shape index (κ2) is 5.85. The average molecular weight is 299 g/mol. The smallest absolute Gasteiger partial charge is 0.123 e. The van der Waals surface area contributed by atoms with Crippen molar-refractivity contribution in [3.63, 3.8) is 0 Å². The summed E-state index contributed by atoms with van der Waals surface area (Å²) in [5.41, 5.74) is 7.42. The van der Waals surface area contributed by atoms with Gasteiger partial charge in [0.05, 0.1) is 7.11 Å². The Labute approximate surface area is 111 Å².